The molecule has 19 heavy (non-hydrogen) atoms. The molecule has 0 spiro atoms. The number of thiazole rings is 1. The summed E-state index contributed by atoms with van der Waals surface area (Å²) >= 11 is 5.72. The summed E-state index contributed by atoms with van der Waals surface area (Å²) in [5.41, 5.74) is 1.03. The van der Waals surface area contributed by atoms with Gasteiger partial charge in [-0.2, -0.15) is 5.26 Å². The minimum Gasteiger partial charge on any atom is -0.477 e. The van der Waals surface area contributed by atoms with Crippen molar-refractivity contribution in [3.8, 4) is 6.07 Å². The molecule has 0 aliphatic carbocycles. The molecule has 0 saturated heterocycles. The first kappa shape index (κ1) is 14.1. The summed E-state index contributed by atoms with van der Waals surface area (Å²) in [5.74, 6) is -0.974. The molecule has 0 amide bonds. The fourth-order valence-corrected chi connectivity index (χ4v) is 3.79. The van der Waals surface area contributed by atoms with Gasteiger partial charge in [0.1, 0.15) is 10.9 Å². The predicted molar refractivity (Wildman–Crippen MR) is 76.8 cm³/mol. The number of aryl methyl sites for hydroxylation is 1. The average Bonchev–Trinajstić information content (AvgIpc) is 2.72. The quantitative estimate of drug-likeness (QED) is 0.903. The number of hydrogen-bond donors (Lipinski definition) is 1. The SMILES string of the molecule is Cc1nc(Sc2ccc(Br)cc2C#N)sc1C(=O)O. The second kappa shape index (κ2) is 5.74. The van der Waals surface area contributed by atoms with E-state index in [1.165, 1.54) is 11.8 Å². The van der Waals surface area contributed by atoms with Crippen molar-refractivity contribution >= 4 is 45.0 Å². The molecule has 0 aliphatic rings. The Labute approximate surface area is 126 Å². The topological polar surface area (TPSA) is 74.0 Å². The van der Waals surface area contributed by atoms with Gasteiger partial charge in [0.05, 0.1) is 11.3 Å². The zero-order valence-corrected chi connectivity index (χ0v) is 12.9. The van der Waals surface area contributed by atoms with Crippen LogP contribution in [-0.4, -0.2) is 16.1 Å². The van der Waals surface area contributed by atoms with Gasteiger partial charge >= 0.3 is 5.97 Å². The largest absolute Gasteiger partial charge is 0.477 e. The third-order valence-corrected chi connectivity index (χ3v) is 5.01. The number of nitrogens with zero attached hydrogens (tertiary/aromatic N) is 2. The Kier molecular flexibility index (Phi) is 4.24. The average molecular weight is 355 g/mol. The van der Waals surface area contributed by atoms with Crippen LogP contribution in [0.3, 0.4) is 0 Å². The summed E-state index contributed by atoms with van der Waals surface area (Å²) in [6, 6.07) is 7.48. The zero-order valence-electron chi connectivity index (χ0n) is 9.68. The molecule has 7 heteroatoms. The van der Waals surface area contributed by atoms with E-state index in [9.17, 15) is 4.79 Å². The molecule has 2 rings (SSSR count). The zero-order chi connectivity index (χ0) is 14.0. The van der Waals surface area contributed by atoms with Gasteiger partial charge in [0.25, 0.3) is 0 Å². The van der Waals surface area contributed by atoms with Crippen molar-refractivity contribution in [3.05, 3.63) is 38.8 Å². The number of aromatic nitrogens is 1. The van der Waals surface area contributed by atoms with E-state index in [4.69, 9.17) is 10.4 Å². The van der Waals surface area contributed by atoms with Crippen molar-refractivity contribution in [1.82, 2.24) is 4.98 Å². The van der Waals surface area contributed by atoms with Crippen LogP contribution >= 0.6 is 39.0 Å². The normalized spacial score (nSPS) is 10.2. The van der Waals surface area contributed by atoms with Crippen LogP contribution < -0.4 is 0 Å². The summed E-state index contributed by atoms with van der Waals surface area (Å²) in [4.78, 5) is 16.2. The molecule has 1 N–H and O–H groups in total. The summed E-state index contributed by atoms with van der Waals surface area (Å²) in [6.45, 7) is 1.66. The maximum absolute atomic E-state index is 11.0. The number of halogens is 1. The van der Waals surface area contributed by atoms with Crippen LogP contribution in [0.2, 0.25) is 0 Å². The molecule has 1 aromatic carbocycles. The van der Waals surface area contributed by atoms with Crippen LogP contribution in [0.4, 0.5) is 0 Å². The van der Waals surface area contributed by atoms with E-state index in [0.29, 0.717) is 15.6 Å². The van der Waals surface area contributed by atoms with Gasteiger partial charge in [-0.3, -0.25) is 0 Å². The molecule has 2 aromatic rings. The van der Waals surface area contributed by atoms with Crippen LogP contribution in [-0.2, 0) is 0 Å². The monoisotopic (exact) mass is 354 g/mol. The molecule has 0 aliphatic heterocycles. The van der Waals surface area contributed by atoms with Crippen molar-refractivity contribution in [2.75, 3.05) is 0 Å². The summed E-state index contributed by atoms with van der Waals surface area (Å²) < 4.78 is 1.45. The Hall–Kier alpha value is -1.36. The number of aromatic carboxylic acids is 1. The van der Waals surface area contributed by atoms with Crippen molar-refractivity contribution in [2.45, 2.75) is 16.2 Å². The summed E-state index contributed by atoms with van der Waals surface area (Å²) in [7, 11) is 0. The van der Waals surface area contributed by atoms with Crippen molar-refractivity contribution in [1.29, 1.82) is 5.26 Å². The van der Waals surface area contributed by atoms with Crippen LogP contribution in [0.5, 0.6) is 0 Å². The first-order valence-electron chi connectivity index (χ1n) is 5.09. The third kappa shape index (κ3) is 3.15. The number of hydrogen-bond acceptors (Lipinski definition) is 5. The van der Waals surface area contributed by atoms with E-state index < -0.39 is 5.97 Å². The fraction of sp³-hybridized carbons (Fsp3) is 0.0833. The molecule has 0 radical (unpaired) electrons. The minimum absolute atomic E-state index is 0.234. The minimum atomic E-state index is -0.974. The molecule has 96 valence electrons. The lowest BCUT2D eigenvalue weighted by atomic mass is 10.2. The number of rotatable bonds is 3. The second-order valence-electron chi connectivity index (χ2n) is 3.55. The van der Waals surface area contributed by atoms with Gasteiger partial charge in [0, 0.05) is 9.37 Å². The van der Waals surface area contributed by atoms with Gasteiger partial charge < -0.3 is 5.11 Å². The van der Waals surface area contributed by atoms with Crippen molar-refractivity contribution in [3.63, 3.8) is 0 Å². The molecular formula is C12H7BrN2O2S2. The van der Waals surface area contributed by atoms with Gasteiger partial charge in [0.15, 0.2) is 4.34 Å². The standard InChI is InChI=1S/C12H7BrN2O2S2/c1-6-10(11(16)17)19-12(15-6)18-9-3-2-8(13)4-7(9)5-14/h2-4H,1H3,(H,16,17). The van der Waals surface area contributed by atoms with E-state index in [2.05, 4.69) is 27.0 Å². The molecule has 0 fully saturated rings. The second-order valence-corrected chi connectivity index (χ2v) is 6.76. The van der Waals surface area contributed by atoms with E-state index in [1.54, 1.807) is 13.0 Å². The lowest BCUT2D eigenvalue weighted by Gasteiger charge is -2.01. The lowest BCUT2D eigenvalue weighted by Crippen LogP contribution is -1.94. The van der Waals surface area contributed by atoms with Crippen molar-refractivity contribution in [2.24, 2.45) is 0 Å². The Morgan fingerprint density at radius 3 is 2.89 bits per heavy atom. The number of carboxylic acids is 1. The number of carboxylic acid groups (broad SMARTS) is 1. The Morgan fingerprint density at radius 1 is 1.58 bits per heavy atom. The van der Waals surface area contributed by atoms with Gasteiger partial charge in [-0.05, 0) is 25.1 Å². The molecule has 0 bridgehead atoms. The van der Waals surface area contributed by atoms with E-state index in [1.807, 2.05) is 12.1 Å². The highest BCUT2D eigenvalue weighted by Gasteiger charge is 2.15. The fourth-order valence-electron chi connectivity index (χ4n) is 1.39. The van der Waals surface area contributed by atoms with Gasteiger partial charge in [-0.15, -0.1) is 11.3 Å². The van der Waals surface area contributed by atoms with Crippen molar-refractivity contribution < 1.29 is 9.90 Å². The first-order valence-corrected chi connectivity index (χ1v) is 7.52. The third-order valence-electron chi connectivity index (χ3n) is 2.23. The molecule has 1 heterocycles. The lowest BCUT2D eigenvalue weighted by molar-refractivity contribution is 0.0701. The number of nitriles is 1. The van der Waals surface area contributed by atoms with E-state index in [-0.39, 0.29) is 4.88 Å². The highest BCUT2D eigenvalue weighted by molar-refractivity contribution is 9.10. The predicted octanol–water partition coefficient (Wildman–Crippen LogP) is 3.94. The number of benzene rings is 1. The highest BCUT2D eigenvalue weighted by Crippen LogP contribution is 2.35. The molecule has 4 nitrogen and oxygen atoms in total. The highest BCUT2D eigenvalue weighted by atomic mass is 79.9. The molecule has 0 saturated carbocycles. The van der Waals surface area contributed by atoms with E-state index >= 15 is 0 Å². The Morgan fingerprint density at radius 2 is 2.32 bits per heavy atom. The van der Waals surface area contributed by atoms with Crippen LogP contribution in [0.1, 0.15) is 20.9 Å². The Balaban J connectivity index is 2.34. The maximum Gasteiger partial charge on any atom is 0.347 e. The summed E-state index contributed by atoms with van der Waals surface area (Å²) in [5, 5.41) is 18.1. The molecular weight excluding hydrogens is 348 g/mol. The summed E-state index contributed by atoms with van der Waals surface area (Å²) in [6.07, 6.45) is 0. The molecule has 0 atom stereocenters. The van der Waals surface area contributed by atoms with Crippen LogP contribution in [0.25, 0.3) is 0 Å². The smallest absolute Gasteiger partial charge is 0.347 e. The van der Waals surface area contributed by atoms with Gasteiger partial charge in [-0.25, -0.2) is 9.78 Å². The number of carbonyl (C=O) groups is 1. The van der Waals surface area contributed by atoms with E-state index in [0.717, 1.165) is 20.7 Å². The maximum atomic E-state index is 11.0. The molecule has 0 unspecified atom stereocenters. The van der Waals surface area contributed by atoms with Gasteiger partial charge in [-0.1, -0.05) is 27.7 Å². The van der Waals surface area contributed by atoms with Gasteiger partial charge in [0.2, 0.25) is 0 Å². The Bertz CT molecular complexity index is 692. The molecule has 1 aromatic heterocycles. The van der Waals surface area contributed by atoms with Crippen LogP contribution in [0.15, 0.2) is 31.9 Å². The van der Waals surface area contributed by atoms with Crippen LogP contribution in [0, 0.1) is 18.3 Å². The first-order chi connectivity index (χ1) is 9.01.